The van der Waals surface area contributed by atoms with Gasteiger partial charge in [-0.15, -0.1) is 0 Å². The summed E-state index contributed by atoms with van der Waals surface area (Å²) in [5.41, 5.74) is 1.73. The molecule has 6 nitrogen and oxygen atoms in total. The van der Waals surface area contributed by atoms with Gasteiger partial charge in [0.25, 0.3) is 5.56 Å². The van der Waals surface area contributed by atoms with E-state index < -0.39 is 11.3 Å². The molecule has 0 fully saturated rings. The first-order valence-corrected chi connectivity index (χ1v) is 8.27. The van der Waals surface area contributed by atoms with Gasteiger partial charge in [0.1, 0.15) is 17.3 Å². The molecule has 7 heteroatoms. The van der Waals surface area contributed by atoms with Crippen molar-refractivity contribution in [2.24, 2.45) is 0 Å². The minimum absolute atomic E-state index is 0.131. The van der Waals surface area contributed by atoms with E-state index in [1.165, 1.54) is 16.7 Å². The second-order valence-electron chi connectivity index (χ2n) is 6.30. The van der Waals surface area contributed by atoms with Gasteiger partial charge in [0.15, 0.2) is 0 Å². The van der Waals surface area contributed by atoms with E-state index in [1.807, 2.05) is 11.8 Å². The Labute approximate surface area is 150 Å². The smallest absolute Gasteiger partial charge is 0.296 e. The topological polar surface area (TPSA) is 70.4 Å². The maximum absolute atomic E-state index is 13.0. The highest BCUT2D eigenvalue weighted by atomic mass is 19.1. The number of hydrogen-bond acceptors (Lipinski definition) is 5. The molecule has 0 amide bonds. The van der Waals surface area contributed by atoms with Crippen LogP contribution < -0.4 is 10.9 Å². The number of nitrogens with one attached hydrogen (secondary N) is 1. The van der Waals surface area contributed by atoms with Crippen molar-refractivity contribution in [1.82, 2.24) is 19.8 Å². The van der Waals surface area contributed by atoms with Gasteiger partial charge < -0.3 is 15.3 Å². The summed E-state index contributed by atoms with van der Waals surface area (Å²) in [6.45, 7) is 11.6. The Bertz CT molecular complexity index is 918. The normalized spacial score (nSPS) is 13.2. The van der Waals surface area contributed by atoms with Crippen LogP contribution in [0.25, 0.3) is 5.70 Å². The van der Waals surface area contributed by atoms with Crippen molar-refractivity contribution >= 4 is 5.70 Å². The molecule has 3 rings (SSSR count). The lowest BCUT2D eigenvalue weighted by Crippen LogP contribution is -2.39. The fraction of sp³-hybridized carbons (Fsp3) is 0.263. The van der Waals surface area contributed by atoms with E-state index in [1.54, 1.807) is 12.1 Å². The van der Waals surface area contributed by atoms with Gasteiger partial charge in [0.05, 0.1) is 12.2 Å². The Balaban J connectivity index is 1.83. The Kier molecular flexibility index (Phi) is 4.79. The van der Waals surface area contributed by atoms with Crippen LogP contribution >= 0.6 is 0 Å². The van der Waals surface area contributed by atoms with Crippen LogP contribution in [-0.4, -0.2) is 26.1 Å². The number of rotatable bonds is 5. The molecule has 2 aromatic rings. The molecule has 2 N–H and O–H groups in total. The molecule has 0 saturated heterocycles. The maximum Gasteiger partial charge on any atom is 0.296 e. The molecule has 1 aromatic heterocycles. The van der Waals surface area contributed by atoms with Gasteiger partial charge in [0.2, 0.25) is 5.75 Å². The van der Waals surface area contributed by atoms with Crippen molar-refractivity contribution < 1.29 is 9.50 Å². The first kappa shape index (κ1) is 17.7. The molecular weight excluding hydrogens is 335 g/mol. The van der Waals surface area contributed by atoms with Gasteiger partial charge >= 0.3 is 0 Å². The SMILES string of the molecule is C=C(NCc1ccc(F)cc1)c1nc2n(c(=O)c1O)CCN(C(=C)C)C2. The van der Waals surface area contributed by atoms with Crippen LogP contribution in [0, 0.1) is 5.82 Å². The molecule has 0 saturated carbocycles. The van der Waals surface area contributed by atoms with Crippen molar-refractivity contribution in [3.8, 4) is 5.75 Å². The second-order valence-corrected chi connectivity index (χ2v) is 6.30. The van der Waals surface area contributed by atoms with Gasteiger partial charge in [-0.3, -0.25) is 9.36 Å². The first-order chi connectivity index (χ1) is 12.4. The fourth-order valence-corrected chi connectivity index (χ4v) is 2.84. The number of nitrogens with zero attached hydrogens (tertiary/aromatic N) is 3. The van der Waals surface area contributed by atoms with Gasteiger partial charge in [-0.25, -0.2) is 9.37 Å². The predicted octanol–water partition coefficient (Wildman–Crippen LogP) is 2.20. The molecule has 0 spiro atoms. The highest BCUT2D eigenvalue weighted by Crippen LogP contribution is 2.20. The summed E-state index contributed by atoms with van der Waals surface area (Å²) < 4.78 is 14.4. The molecule has 0 unspecified atom stereocenters. The van der Waals surface area contributed by atoms with Crippen LogP contribution in [0.1, 0.15) is 24.0 Å². The summed E-state index contributed by atoms with van der Waals surface area (Å²) in [6.07, 6.45) is 0. The van der Waals surface area contributed by atoms with Crippen LogP contribution in [-0.2, 0) is 19.6 Å². The van der Waals surface area contributed by atoms with Crippen LogP contribution in [0.3, 0.4) is 0 Å². The summed E-state index contributed by atoms with van der Waals surface area (Å²) in [4.78, 5) is 18.9. The van der Waals surface area contributed by atoms with Crippen LogP contribution in [0.4, 0.5) is 4.39 Å². The quantitative estimate of drug-likeness (QED) is 0.859. The molecule has 0 bridgehead atoms. The van der Waals surface area contributed by atoms with Crippen molar-refractivity contribution in [2.45, 2.75) is 26.6 Å². The largest absolute Gasteiger partial charge is 0.501 e. The Morgan fingerprint density at radius 2 is 2.00 bits per heavy atom. The van der Waals surface area contributed by atoms with Crippen LogP contribution in [0.5, 0.6) is 5.75 Å². The number of aromatic nitrogens is 2. The van der Waals surface area contributed by atoms with Gasteiger partial charge in [-0.2, -0.15) is 0 Å². The molecule has 0 atom stereocenters. The summed E-state index contributed by atoms with van der Waals surface area (Å²) in [5, 5.41) is 13.3. The first-order valence-electron chi connectivity index (χ1n) is 8.27. The van der Waals surface area contributed by atoms with Gasteiger partial charge in [0, 0.05) is 25.3 Å². The molecule has 26 heavy (non-hydrogen) atoms. The van der Waals surface area contributed by atoms with Crippen molar-refractivity contribution in [2.75, 3.05) is 6.54 Å². The van der Waals surface area contributed by atoms with Crippen molar-refractivity contribution in [1.29, 1.82) is 0 Å². The zero-order valence-electron chi connectivity index (χ0n) is 14.6. The number of fused-ring (bicyclic) bond motifs is 1. The predicted molar refractivity (Wildman–Crippen MR) is 97.7 cm³/mol. The van der Waals surface area contributed by atoms with Crippen LogP contribution in [0.15, 0.2) is 47.9 Å². The average molecular weight is 356 g/mol. The Morgan fingerprint density at radius 1 is 1.31 bits per heavy atom. The zero-order valence-corrected chi connectivity index (χ0v) is 14.6. The lowest BCUT2D eigenvalue weighted by atomic mass is 10.2. The van der Waals surface area contributed by atoms with E-state index >= 15 is 0 Å². The number of aromatic hydroxyl groups is 1. The average Bonchev–Trinajstić information content (AvgIpc) is 2.63. The van der Waals surface area contributed by atoms with E-state index in [9.17, 15) is 14.3 Å². The summed E-state index contributed by atoms with van der Waals surface area (Å²) in [6, 6.07) is 6.03. The van der Waals surface area contributed by atoms with Crippen molar-refractivity contribution in [3.05, 3.63) is 76.4 Å². The number of halogens is 1. The van der Waals surface area contributed by atoms with E-state index in [2.05, 4.69) is 23.5 Å². The third-order valence-electron chi connectivity index (χ3n) is 4.40. The highest BCUT2D eigenvalue weighted by molar-refractivity contribution is 5.63. The molecule has 1 aliphatic heterocycles. The lowest BCUT2D eigenvalue weighted by Gasteiger charge is -2.31. The molecule has 2 heterocycles. The fourth-order valence-electron chi connectivity index (χ4n) is 2.84. The Hall–Kier alpha value is -3.09. The van der Waals surface area contributed by atoms with E-state index in [0.717, 1.165) is 11.3 Å². The zero-order chi connectivity index (χ0) is 18.8. The van der Waals surface area contributed by atoms with E-state index in [-0.39, 0.29) is 11.5 Å². The highest BCUT2D eigenvalue weighted by Gasteiger charge is 2.23. The van der Waals surface area contributed by atoms with Gasteiger partial charge in [-0.05, 0) is 24.6 Å². The molecule has 0 aliphatic carbocycles. The monoisotopic (exact) mass is 356 g/mol. The molecule has 1 aliphatic rings. The maximum atomic E-state index is 13.0. The van der Waals surface area contributed by atoms with Crippen molar-refractivity contribution in [3.63, 3.8) is 0 Å². The van der Waals surface area contributed by atoms with Gasteiger partial charge in [-0.1, -0.05) is 25.3 Å². The second kappa shape index (κ2) is 7.03. The Morgan fingerprint density at radius 3 is 2.65 bits per heavy atom. The van der Waals surface area contributed by atoms with Crippen LogP contribution in [0.2, 0.25) is 0 Å². The minimum Gasteiger partial charge on any atom is -0.501 e. The third kappa shape index (κ3) is 3.46. The van der Waals surface area contributed by atoms with E-state index in [0.29, 0.717) is 37.7 Å². The molecule has 136 valence electrons. The summed E-state index contributed by atoms with van der Waals surface area (Å²) in [7, 11) is 0. The molecule has 0 radical (unpaired) electrons. The molecule has 1 aromatic carbocycles. The summed E-state index contributed by atoms with van der Waals surface area (Å²) in [5.74, 6) is -0.174. The number of allylic oxidation sites excluding steroid dienone is 1. The summed E-state index contributed by atoms with van der Waals surface area (Å²) >= 11 is 0. The number of benzene rings is 1. The lowest BCUT2D eigenvalue weighted by molar-refractivity contribution is 0.263. The minimum atomic E-state index is -0.476. The van der Waals surface area contributed by atoms with E-state index in [4.69, 9.17) is 0 Å². The third-order valence-corrected chi connectivity index (χ3v) is 4.40. The molecular formula is C19H21FN4O2. The standard InChI is InChI=1S/C19H21FN4O2/c1-12(2)23-8-9-24-16(11-23)22-17(18(25)19(24)26)13(3)21-10-14-4-6-15(20)7-5-14/h4-7,21,25H,1,3,8-11H2,2H3. The number of hydrogen-bond donors (Lipinski definition) is 2.